The van der Waals surface area contributed by atoms with E-state index in [-0.39, 0.29) is 11.5 Å². The summed E-state index contributed by atoms with van der Waals surface area (Å²) >= 11 is 0. The second-order valence-electron chi connectivity index (χ2n) is 20.1. The van der Waals surface area contributed by atoms with E-state index in [1.54, 1.807) is 0 Å². The van der Waals surface area contributed by atoms with Crippen molar-refractivity contribution in [1.82, 2.24) is 16.2 Å². The summed E-state index contributed by atoms with van der Waals surface area (Å²) < 4.78 is 0. The highest BCUT2D eigenvalue weighted by Crippen LogP contribution is 2.23. The molecule has 0 saturated carbocycles. The first-order valence-electron chi connectivity index (χ1n) is 23.8. The molecule has 382 valence electrons. The molecule has 0 bridgehead atoms. The standard InChI is InChI=1S/C10H19N.C9H19N3.C9H18N2.C7H15N.C6H13NO.C6H13N.C4H10.C3H8/c1-8(2)11-7-9(3)10(4,5)6;1-7(2)10-6-9(5)12-11-8(3)4;1-7(2)10-6-9(5)11-8(3)4;1-6(2)5-8-7(3)4;1-5(2)7-8-6(3)4;1-5(2)7-6(3)4;1-4(2)3;1-3-2/h3,7H2,1-2,4-6H3;8,11-12H,5-6H2,1-4H3;8,11H,5-6H2,1-4H3;6H,5H2,1-4H3;6H,1-4H3;5H,1-4H3;4H,1-3H3;3H2,1-2H3. The summed E-state index contributed by atoms with van der Waals surface area (Å²) in [4.78, 5) is 26.1. The van der Waals surface area contributed by atoms with Crippen LogP contribution in [0, 0.1) is 17.3 Å². The number of hydrogen-bond donors (Lipinski definition) is 3. The van der Waals surface area contributed by atoms with Crippen LogP contribution in [0.4, 0.5) is 0 Å². The van der Waals surface area contributed by atoms with Crippen molar-refractivity contribution in [1.29, 1.82) is 0 Å². The Morgan fingerprint density at radius 2 is 0.875 bits per heavy atom. The predicted molar refractivity (Wildman–Crippen MR) is 301 cm³/mol. The lowest BCUT2D eigenvalue weighted by Gasteiger charge is -2.20. The molecule has 0 atom stereocenters. The molecule has 0 aliphatic rings. The van der Waals surface area contributed by atoms with E-state index < -0.39 is 0 Å². The summed E-state index contributed by atoms with van der Waals surface area (Å²) in [6.45, 7) is 76.5. The number of hydrogen-bond acceptors (Lipinski definition) is 10. The fourth-order valence-corrected chi connectivity index (χ4v) is 2.83. The molecule has 0 aromatic heterocycles. The first kappa shape index (κ1) is 77.8. The molecule has 0 saturated heterocycles. The zero-order valence-corrected chi connectivity index (χ0v) is 48.7. The second kappa shape index (κ2) is 52.2. The number of rotatable bonds is 16. The monoisotopic (exact) mass is 906 g/mol. The first-order chi connectivity index (χ1) is 28.9. The maximum atomic E-state index is 4.89. The molecule has 3 N–H and O–H groups in total. The molecular formula is C54H115N9O. The Morgan fingerprint density at radius 1 is 0.516 bits per heavy atom. The highest BCUT2D eigenvalue weighted by Gasteiger charge is 2.13. The minimum absolute atomic E-state index is 0.193. The molecule has 10 heteroatoms. The average molecular weight is 907 g/mol. The van der Waals surface area contributed by atoms with E-state index in [1.165, 1.54) is 17.7 Å². The van der Waals surface area contributed by atoms with Crippen molar-refractivity contribution >= 4 is 34.3 Å². The van der Waals surface area contributed by atoms with Crippen LogP contribution in [0.15, 0.2) is 66.8 Å². The molecule has 0 heterocycles. The van der Waals surface area contributed by atoms with Crippen LogP contribution >= 0.6 is 0 Å². The van der Waals surface area contributed by atoms with Crippen LogP contribution in [0.2, 0.25) is 0 Å². The minimum Gasteiger partial charge on any atom is -0.393 e. The molecule has 0 rings (SSSR count). The van der Waals surface area contributed by atoms with Gasteiger partial charge in [0.05, 0.1) is 25.3 Å². The van der Waals surface area contributed by atoms with Gasteiger partial charge in [-0.1, -0.05) is 106 Å². The molecule has 0 spiro atoms. The Labute approximate surface area is 402 Å². The highest BCUT2D eigenvalue weighted by molar-refractivity contribution is 5.80. The van der Waals surface area contributed by atoms with Crippen LogP contribution in [-0.2, 0) is 4.84 Å². The van der Waals surface area contributed by atoms with E-state index in [4.69, 9.17) is 4.84 Å². The maximum Gasteiger partial charge on any atom is 0.122 e. The van der Waals surface area contributed by atoms with Crippen molar-refractivity contribution in [2.45, 2.75) is 238 Å². The highest BCUT2D eigenvalue weighted by atomic mass is 16.6. The Morgan fingerprint density at radius 3 is 1.08 bits per heavy atom. The van der Waals surface area contributed by atoms with Crippen LogP contribution < -0.4 is 16.2 Å². The van der Waals surface area contributed by atoms with Gasteiger partial charge in [-0.25, -0.2) is 5.43 Å². The molecule has 0 aromatic carbocycles. The van der Waals surface area contributed by atoms with Crippen molar-refractivity contribution in [3.63, 3.8) is 0 Å². The number of oxime groups is 1. The lowest BCUT2D eigenvalue weighted by Crippen LogP contribution is -2.37. The molecule has 0 aromatic rings. The molecule has 0 unspecified atom stereocenters. The van der Waals surface area contributed by atoms with Gasteiger partial charge in [-0.05, 0) is 156 Å². The number of hydrazine groups is 1. The third-order valence-electron chi connectivity index (χ3n) is 5.58. The quantitative estimate of drug-likeness (QED) is 0.0812. The summed E-state index contributed by atoms with van der Waals surface area (Å²) in [7, 11) is 0. The Bertz CT molecular complexity index is 1240. The van der Waals surface area contributed by atoms with E-state index in [1.807, 2.05) is 96.9 Å². The third-order valence-corrected chi connectivity index (χ3v) is 5.58. The molecule has 0 radical (unpaired) electrons. The number of nitrogens with zero attached hydrogens (tertiary/aromatic N) is 6. The van der Waals surface area contributed by atoms with Crippen molar-refractivity contribution in [2.75, 3.05) is 26.2 Å². The van der Waals surface area contributed by atoms with E-state index in [0.29, 0.717) is 37.1 Å². The summed E-state index contributed by atoms with van der Waals surface area (Å²) in [6, 6.07) is 1.33. The van der Waals surface area contributed by atoms with Gasteiger partial charge in [-0.15, -0.1) is 0 Å². The molecule has 10 nitrogen and oxygen atoms in total. The second-order valence-corrected chi connectivity index (χ2v) is 20.1. The topological polar surface area (TPSA) is 119 Å². The lowest BCUT2D eigenvalue weighted by atomic mass is 9.88. The normalized spacial score (nSPS) is 9.56. The number of aliphatic imine (C=N–C) groups is 5. The molecule has 0 fully saturated rings. The van der Waals surface area contributed by atoms with Crippen molar-refractivity contribution in [3.8, 4) is 0 Å². The van der Waals surface area contributed by atoms with Gasteiger partial charge < -0.3 is 15.6 Å². The van der Waals surface area contributed by atoms with Gasteiger partial charge in [0.15, 0.2) is 0 Å². The summed E-state index contributed by atoms with van der Waals surface area (Å²) in [6.07, 6.45) is 1.45. The third kappa shape index (κ3) is 118. The largest absolute Gasteiger partial charge is 0.393 e. The fraction of sp³-hybridized carbons (Fsp3) is 0.778. The predicted octanol–water partition coefficient (Wildman–Crippen LogP) is 15.4. The fourth-order valence-electron chi connectivity index (χ4n) is 2.83. The van der Waals surface area contributed by atoms with E-state index in [9.17, 15) is 0 Å². The van der Waals surface area contributed by atoms with Crippen LogP contribution in [0.25, 0.3) is 0 Å². The molecular weight excluding hydrogens is 791 g/mol. The van der Waals surface area contributed by atoms with Crippen LogP contribution in [0.1, 0.15) is 214 Å². The van der Waals surface area contributed by atoms with Gasteiger partial charge in [-0.3, -0.25) is 25.0 Å². The van der Waals surface area contributed by atoms with Crippen molar-refractivity contribution < 1.29 is 4.84 Å². The van der Waals surface area contributed by atoms with Gasteiger partial charge in [0.1, 0.15) is 6.10 Å². The van der Waals surface area contributed by atoms with E-state index in [0.717, 1.165) is 59.0 Å². The van der Waals surface area contributed by atoms with Crippen molar-refractivity contribution in [2.24, 2.45) is 47.4 Å². The molecule has 0 aliphatic heterocycles. The van der Waals surface area contributed by atoms with Gasteiger partial charge in [0.25, 0.3) is 0 Å². The SMILES string of the molecule is C=C(CN=C(C)C)C(C)(C)C.C=C(CN=C(C)C)NC(C)C.C=C(CN=C(C)C)NNC(C)C.CC(C)=NC(C)C.CC(C)=NCC(C)C.CC(C)=NOC(C)C.CC(C)C.CCC. The molecule has 0 aliphatic carbocycles. The smallest absolute Gasteiger partial charge is 0.122 e. The van der Waals surface area contributed by atoms with Crippen LogP contribution in [0.3, 0.4) is 0 Å². The molecule has 64 heavy (non-hydrogen) atoms. The van der Waals surface area contributed by atoms with Crippen LogP contribution in [-0.4, -0.2) is 84.7 Å². The average Bonchev–Trinajstić information content (AvgIpc) is 3.09. The summed E-state index contributed by atoms with van der Waals surface area (Å²) in [5.74, 6) is 1.53. The lowest BCUT2D eigenvalue weighted by molar-refractivity contribution is 0.0857. The zero-order valence-electron chi connectivity index (χ0n) is 48.7. The summed E-state index contributed by atoms with van der Waals surface area (Å²) in [5, 5.41) is 6.94. The van der Waals surface area contributed by atoms with E-state index >= 15 is 0 Å². The van der Waals surface area contributed by atoms with Gasteiger partial charge in [0, 0.05) is 64.6 Å². The van der Waals surface area contributed by atoms with Crippen molar-refractivity contribution in [3.05, 3.63) is 36.7 Å². The Balaban J connectivity index is -0.0000000958. The maximum absolute atomic E-state index is 4.89. The Kier molecular flexibility index (Phi) is 63.5. The minimum atomic E-state index is 0.193. The van der Waals surface area contributed by atoms with Crippen LogP contribution in [0.5, 0.6) is 0 Å². The molecule has 0 amide bonds. The Hall–Kier alpha value is -3.40. The van der Waals surface area contributed by atoms with Gasteiger partial charge in [0.2, 0.25) is 0 Å². The van der Waals surface area contributed by atoms with Gasteiger partial charge in [-0.2, -0.15) is 0 Å². The summed E-state index contributed by atoms with van der Waals surface area (Å²) in [5.41, 5.74) is 15.9. The number of nitrogens with one attached hydrogen (secondary N) is 3. The van der Waals surface area contributed by atoms with Gasteiger partial charge >= 0.3 is 0 Å². The van der Waals surface area contributed by atoms with E-state index in [2.05, 4.69) is 177 Å². The zero-order chi connectivity index (χ0) is 52.8. The first-order valence-corrected chi connectivity index (χ1v) is 23.8.